The molecule has 0 aliphatic heterocycles. The molecular weight excluding hydrogens is 324 g/mol. The summed E-state index contributed by atoms with van der Waals surface area (Å²) in [7, 11) is 0. The number of amides is 2. The molecule has 0 aromatic heterocycles. The molecule has 1 aromatic rings. The molecule has 0 aliphatic carbocycles. The van der Waals surface area contributed by atoms with Crippen LogP contribution in [0.1, 0.15) is 84.5 Å². The number of benzene rings is 1. The maximum atomic E-state index is 12.1. The molecule has 4 nitrogen and oxygen atoms in total. The predicted molar refractivity (Wildman–Crippen MR) is 111 cm³/mol. The lowest BCUT2D eigenvalue weighted by molar-refractivity contribution is 0.248. The third-order valence-corrected chi connectivity index (χ3v) is 4.86. The summed E-state index contributed by atoms with van der Waals surface area (Å²) in [5.74, 6) is 0.769. The fourth-order valence-electron chi connectivity index (χ4n) is 3.20. The standard InChI is InChI=1S/C22H38N2O2/c1-3-5-7-9-11-13-19(12-10-8-6-4-2)18-23-22(26)24-20-14-16-21(25)17-15-20/h14-17,19,25H,3-13,18H2,1-2H3,(H2,23,24,26). The minimum absolute atomic E-state index is 0.166. The Labute approximate surface area is 159 Å². The molecule has 1 rings (SSSR count). The minimum Gasteiger partial charge on any atom is -0.508 e. The number of nitrogens with one attached hydrogen (secondary N) is 2. The van der Waals surface area contributed by atoms with E-state index in [1.54, 1.807) is 24.3 Å². The van der Waals surface area contributed by atoms with E-state index in [0.717, 1.165) is 6.54 Å². The van der Waals surface area contributed by atoms with Crippen molar-refractivity contribution >= 4 is 11.7 Å². The SMILES string of the molecule is CCCCCCCC(CCCCCC)CNC(=O)Nc1ccc(O)cc1. The van der Waals surface area contributed by atoms with Gasteiger partial charge in [-0.15, -0.1) is 0 Å². The molecule has 0 bridgehead atoms. The van der Waals surface area contributed by atoms with Crippen molar-refractivity contribution in [1.29, 1.82) is 0 Å². The van der Waals surface area contributed by atoms with Gasteiger partial charge >= 0.3 is 6.03 Å². The lowest BCUT2D eigenvalue weighted by Gasteiger charge is -2.18. The average molecular weight is 363 g/mol. The van der Waals surface area contributed by atoms with Gasteiger partial charge in [-0.3, -0.25) is 0 Å². The van der Waals surface area contributed by atoms with E-state index >= 15 is 0 Å². The number of carbonyl (C=O) groups is 1. The van der Waals surface area contributed by atoms with Gasteiger partial charge in [0.2, 0.25) is 0 Å². The van der Waals surface area contributed by atoms with Crippen LogP contribution < -0.4 is 10.6 Å². The van der Waals surface area contributed by atoms with Crippen molar-refractivity contribution in [3.05, 3.63) is 24.3 Å². The highest BCUT2D eigenvalue weighted by Crippen LogP contribution is 2.18. The molecule has 1 aromatic carbocycles. The molecule has 0 heterocycles. The van der Waals surface area contributed by atoms with Crippen molar-refractivity contribution < 1.29 is 9.90 Å². The van der Waals surface area contributed by atoms with Crippen LogP contribution in [-0.2, 0) is 0 Å². The van der Waals surface area contributed by atoms with Gasteiger partial charge in [-0.1, -0.05) is 71.6 Å². The number of hydrogen-bond acceptors (Lipinski definition) is 2. The second-order valence-corrected chi connectivity index (χ2v) is 7.30. The predicted octanol–water partition coefficient (Wildman–Crippen LogP) is 6.46. The maximum absolute atomic E-state index is 12.1. The van der Waals surface area contributed by atoms with Crippen LogP contribution >= 0.6 is 0 Å². The lowest BCUT2D eigenvalue weighted by atomic mass is 9.94. The molecule has 0 saturated carbocycles. The minimum atomic E-state index is -0.166. The Morgan fingerprint density at radius 2 is 1.42 bits per heavy atom. The monoisotopic (exact) mass is 362 g/mol. The molecular formula is C22H38N2O2. The Balaban J connectivity index is 2.33. The normalized spacial score (nSPS) is 11.9. The highest BCUT2D eigenvalue weighted by atomic mass is 16.3. The fraction of sp³-hybridized carbons (Fsp3) is 0.682. The Hall–Kier alpha value is -1.71. The summed E-state index contributed by atoms with van der Waals surface area (Å²) in [6.45, 7) is 5.22. The Morgan fingerprint density at radius 3 is 2.00 bits per heavy atom. The fourth-order valence-corrected chi connectivity index (χ4v) is 3.20. The molecule has 26 heavy (non-hydrogen) atoms. The van der Waals surface area contributed by atoms with Crippen LogP contribution in [0.4, 0.5) is 10.5 Å². The number of anilines is 1. The van der Waals surface area contributed by atoms with Crippen molar-refractivity contribution in [1.82, 2.24) is 5.32 Å². The summed E-state index contributed by atoms with van der Waals surface area (Å²) in [6.07, 6.45) is 14.0. The summed E-state index contributed by atoms with van der Waals surface area (Å²) in [4.78, 5) is 12.1. The summed E-state index contributed by atoms with van der Waals surface area (Å²) < 4.78 is 0. The first-order valence-corrected chi connectivity index (χ1v) is 10.5. The lowest BCUT2D eigenvalue weighted by Crippen LogP contribution is -2.33. The van der Waals surface area contributed by atoms with Gasteiger partial charge in [0, 0.05) is 12.2 Å². The summed E-state index contributed by atoms with van der Waals surface area (Å²) >= 11 is 0. The van der Waals surface area contributed by atoms with E-state index in [1.807, 2.05) is 0 Å². The first-order valence-electron chi connectivity index (χ1n) is 10.5. The van der Waals surface area contributed by atoms with Gasteiger partial charge in [-0.2, -0.15) is 0 Å². The molecule has 0 spiro atoms. The molecule has 3 N–H and O–H groups in total. The van der Waals surface area contributed by atoms with Crippen LogP contribution in [0.2, 0.25) is 0 Å². The number of hydrogen-bond donors (Lipinski definition) is 3. The largest absolute Gasteiger partial charge is 0.508 e. The van der Waals surface area contributed by atoms with E-state index in [-0.39, 0.29) is 11.8 Å². The smallest absolute Gasteiger partial charge is 0.319 e. The molecule has 2 amide bonds. The van der Waals surface area contributed by atoms with Crippen LogP contribution in [0.25, 0.3) is 0 Å². The van der Waals surface area contributed by atoms with Gasteiger partial charge in [0.15, 0.2) is 0 Å². The highest BCUT2D eigenvalue weighted by molar-refractivity contribution is 5.89. The Kier molecular flexibility index (Phi) is 12.4. The summed E-state index contributed by atoms with van der Waals surface area (Å²) in [5.41, 5.74) is 0.694. The molecule has 0 saturated heterocycles. The Bertz CT molecular complexity index is 474. The molecule has 1 atom stereocenters. The van der Waals surface area contributed by atoms with Gasteiger partial charge in [-0.25, -0.2) is 4.79 Å². The third kappa shape index (κ3) is 11.0. The zero-order chi connectivity index (χ0) is 19.0. The second kappa shape index (κ2) is 14.5. The van der Waals surface area contributed by atoms with E-state index in [9.17, 15) is 9.90 Å². The zero-order valence-electron chi connectivity index (χ0n) is 16.7. The number of rotatable bonds is 14. The topological polar surface area (TPSA) is 61.4 Å². The number of aromatic hydroxyl groups is 1. The zero-order valence-corrected chi connectivity index (χ0v) is 16.7. The van der Waals surface area contributed by atoms with Crippen molar-refractivity contribution in [2.75, 3.05) is 11.9 Å². The quantitative estimate of drug-likeness (QED) is 0.263. The van der Waals surface area contributed by atoms with E-state index < -0.39 is 0 Å². The molecule has 0 aliphatic rings. The van der Waals surface area contributed by atoms with Gasteiger partial charge < -0.3 is 15.7 Å². The number of phenols is 1. The summed E-state index contributed by atoms with van der Waals surface area (Å²) in [6, 6.07) is 6.38. The van der Waals surface area contributed by atoms with E-state index in [2.05, 4.69) is 24.5 Å². The Morgan fingerprint density at radius 1 is 0.885 bits per heavy atom. The van der Waals surface area contributed by atoms with Crippen molar-refractivity contribution in [3.63, 3.8) is 0 Å². The number of unbranched alkanes of at least 4 members (excludes halogenated alkanes) is 7. The van der Waals surface area contributed by atoms with Crippen LogP contribution in [-0.4, -0.2) is 17.7 Å². The van der Waals surface area contributed by atoms with Gasteiger partial charge in [-0.05, 0) is 43.0 Å². The van der Waals surface area contributed by atoms with Gasteiger partial charge in [0.05, 0.1) is 0 Å². The van der Waals surface area contributed by atoms with Crippen LogP contribution in [0.5, 0.6) is 5.75 Å². The van der Waals surface area contributed by atoms with Crippen LogP contribution in [0, 0.1) is 5.92 Å². The first-order chi connectivity index (χ1) is 12.7. The third-order valence-electron chi connectivity index (χ3n) is 4.86. The van der Waals surface area contributed by atoms with E-state index in [0.29, 0.717) is 11.6 Å². The molecule has 148 valence electrons. The number of carbonyl (C=O) groups excluding carboxylic acids is 1. The van der Waals surface area contributed by atoms with E-state index in [1.165, 1.54) is 70.6 Å². The maximum Gasteiger partial charge on any atom is 0.319 e. The van der Waals surface area contributed by atoms with Crippen LogP contribution in [0.15, 0.2) is 24.3 Å². The highest BCUT2D eigenvalue weighted by Gasteiger charge is 2.11. The van der Waals surface area contributed by atoms with Crippen molar-refractivity contribution in [2.45, 2.75) is 84.5 Å². The molecule has 4 heteroatoms. The van der Waals surface area contributed by atoms with E-state index in [4.69, 9.17) is 0 Å². The first kappa shape index (κ1) is 22.3. The molecule has 1 unspecified atom stereocenters. The second-order valence-electron chi connectivity index (χ2n) is 7.30. The van der Waals surface area contributed by atoms with Gasteiger partial charge in [0.25, 0.3) is 0 Å². The summed E-state index contributed by atoms with van der Waals surface area (Å²) in [5, 5.41) is 15.1. The van der Waals surface area contributed by atoms with Gasteiger partial charge in [0.1, 0.15) is 5.75 Å². The van der Waals surface area contributed by atoms with Crippen molar-refractivity contribution in [3.8, 4) is 5.75 Å². The number of urea groups is 1. The van der Waals surface area contributed by atoms with Crippen LogP contribution in [0.3, 0.4) is 0 Å². The number of phenolic OH excluding ortho intramolecular Hbond substituents is 1. The molecule has 0 radical (unpaired) electrons. The average Bonchev–Trinajstić information content (AvgIpc) is 2.64. The molecule has 0 fully saturated rings. The van der Waals surface area contributed by atoms with Crippen molar-refractivity contribution in [2.24, 2.45) is 5.92 Å².